The smallest absolute Gasteiger partial charge is 0.182 e. The minimum Gasteiger partial charge on any atom is -0.394 e. The normalized spacial score (nSPS) is 12.6. The molecule has 0 saturated carbocycles. The molecule has 0 aliphatic heterocycles. The third kappa shape index (κ3) is 5.40. The monoisotopic (exact) mass is 463 g/mol. The Labute approximate surface area is 177 Å². The molecule has 0 spiro atoms. The van der Waals surface area contributed by atoms with E-state index in [1.54, 1.807) is 0 Å². The molecule has 28 heavy (non-hydrogen) atoms. The first kappa shape index (κ1) is 21.0. The van der Waals surface area contributed by atoms with Crippen molar-refractivity contribution in [2.24, 2.45) is 5.92 Å². The molecular weight excluding hydrogens is 438 g/mol. The molecule has 0 aliphatic rings. The number of hydrogen-bond acceptors (Lipinski definition) is 7. The Bertz CT molecular complexity index is 930. The van der Waals surface area contributed by atoms with Gasteiger partial charge in [-0.2, -0.15) is 0 Å². The quantitative estimate of drug-likeness (QED) is 0.434. The number of thiazole rings is 1. The zero-order valence-electron chi connectivity index (χ0n) is 16.2. The first-order chi connectivity index (χ1) is 13.5. The molecule has 1 aromatic carbocycles. The Hall–Kier alpha value is -1.77. The molecule has 3 rings (SSSR count). The summed E-state index contributed by atoms with van der Waals surface area (Å²) in [4.78, 5) is 13.7. The molecule has 4 N–H and O–H groups in total. The van der Waals surface area contributed by atoms with E-state index in [4.69, 9.17) is 10.7 Å². The molecule has 0 unspecified atom stereocenters. The average Bonchev–Trinajstić information content (AvgIpc) is 3.03. The van der Waals surface area contributed by atoms with Crippen LogP contribution in [-0.4, -0.2) is 32.7 Å². The van der Waals surface area contributed by atoms with E-state index in [-0.39, 0.29) is 12.6 Å². The number of nitrogen functional groups attached to an aromatic ring is 1. The fourth-order valence-corrected chi connectivity index (χ4v) is 4.38. The van der Waals surface area contributed by atoms with Crippen LogP contribution >= 0.6 is 27.3 Å². The second-order valence-corrected chi connectivity index (χ2v) is 9.18. The molecule has 0 fully saturated rings. The standard InChI is InChI=1S/C20H26BrN5OS/c1-12(2)10-14(11-27)23-18-17-19(26-20(22)28-17)25-16(24-18)9-5-7-13-6-3-4-8-15(13)21/h3-4,6,8,12,14,27H,5,7,9-11H2,1-2H3,(H3,22,23,24,25,26)/t14-/m1/s1. The van der Waals surface area contributed by atoms with E-state index in [0.717, 1.165) is 46.5 Å². The van der Waals surface area contributed by atoms with Gasteiger partial charge in [0.25, 0.3) is 0 Å². The second kappa shape index (κ2) is 9.62. The van der Waals surface area contributed by atoms with Crippen molar-refractivity contribution in [2.45, 2.75) is 45.6 Å². The Kier molecular flexibility index (Phi) is 7.20. The zero-order valence-corrected chi connectivity index (χ0v) is 18.6. The van der Waals surface area contributed by atoms with Crippen molar-refractivity contribution < 1.29 is 5.11 Å². The number of anilines is 2. The van der Waals surface area contributed by atoms with Gasteiger partial charge in [0.05, 0.1) is 12.6 Å². The van der Waals surface area contributed by atoms with E-state index in [0.29, 0.717) is 16.7 Å². The lowest BCUT2D eigenvalue weighted by molar-refractivity contribution is 0.259. The van der Waals surface area contributed by atoms with Crippen molar-refractivity contribution >= 4 is 48.6 Å². The maximum absolute atomic E-state index is 9.73. The Morgan fingerprint density at radius 3 is 2.68 bits per heavy atom. The predicted molar refractivity (Wildman–Crippen MR) is 120 cm³/mol. The number of nitrogens with two attached hydrogens (primary N) is 1. The first-order valence-corrected chi connectivity index (χ1v) is 11.1. The molecule has 150 valence electrons. The number of rotatable bonds is 9. The van der Waals surface area contributed by atoms with Crippen LogP contribution in [-0.2, 0) is 12.8 Å². The van der Waals surface area contributed by atoms with Crippen molar-refractivity contribution in [3.63, 3.8) is 0 Å². The Morgan fingerprint density at radius 2 is 1.96 bits per heavy atom. The van der Waals surface area contributed by atoms with Gasteiger partial charge in [0.15, 0.2) is 10.8 Å². The van der Waals surface area contributed by atoms with Crippen LogP contribution < -0.4 is 11.1 Å². The van der Waals surface area contributed by atoms with Gasteiger partial charge in [0.2, 0.25) is 0 Å². The lowest BCUT2D eigenvalue weighted by Gasteiger charge is -2.19. The number of halogens is 1. The summed E-state index contributed by atoms with van der Waals surface area (Å²) < 4.78 is 1.97. The summed E-state index contributed by atoms with van der Waals surface area (Å²) >= 11 is 4.97. The van der Waals surface area contributed by atoms with Crippen LogP contribution in [0, 0.1) is 5.92 Å². The molecule has 0 saturated heterocycles. The van der Waals surface area contributed by atoms with Crippen LogP contribution in [0.1, 0.15) is 38.1 Å². The number of fused-ring (bicyclic) bond motifs is 1. The van der Waals surface area contributed by atoms with Crippen LogP contribution in [0.4, 0.5) is 10.9 Å². The van der Waals surface area contributed by atoms with E-state index in [2.05, 4.69) is 57.2 Å². The maximum Gasteiger partial charge on any atom is 0.182 e. The summed E-state index contributed by atoms with van der Waals surface area (Å²) in [5.41, 5.74) is 7.80. The Balaban J connectivity index is 1.78. The SMILES string of the molecule is CC(C)C[C@H](CO)Nc1nc(CCCc2ccccc2Br)nc2nc(N)sc12. The van der Waals surface area contributed by atoms with Crippen LogP contribution in [0.15, 0.2) is 28.7 Å². The van der Waals surface area contributed by atoms with Crippen molar-refractivity contribution in [2.75, 3.05) is 17.7 Å². The molecule has 0 bridgehead atoms. The molecule has 2 heterocycles. The van der Waals surface area contributed by atoms with Gasteiger partial charge in [0.1, 0.15) is 16.3 Å². The molecule has 0 radical (unpaired) electrons. The molecule has 8 heteroatoms. The van der Waals surface area contributed by atoms with E-state index in [9.17, 15) is 5.11 Å². The average molecular weight is 464 g/mol. The third-order valence-electron chi connectivity index (χ3n) is 4.44. The number of nitrogens with zero attached hydrogens (tertiary/aromatic N) is 3. The number of aryl methyl sites for hydroxylation is 2. The lowest BCUT2D eigenvalue weighted by Crippen LogP contribution is -2.26. The predicted octanol–water partition coefficient (Wildman–Crippen LogP) is 4.43. The maximum atomic E-state index is 9.73. The fraction of sp³-hybridized carbons (Fsp3) is 0.450. The number of hydrogen-bond donors (Lipinski definition) is 3. The number of aliphatic hydroxyl groups is 1. The summed E-state index contributed by atoms with van der Waals surface area (Å²) in [5, 5.41) is 13.6. The Morgan fingerprint density at radius 1 is 1.18 bits per heavy atom. The highest BCUT2D eigenvalue weighted by Gasteiger charge is 2.17. The largest absolute Gasteiger partial charge is 0.394 e. The number of aromatic nitrogens is 3. The fourth-order valence-electron chi connectivity index (χ4n) is 3.17. The van der Waals surface area contributed by atoms with Crippen LogP contribution in [0.3, 0.4) is 0 Å². The lowest BCUT2D eigenvalue weighted by atomic mass is 10.0. The van der Waals surface area contributed by atoms with Gasteiger partial charge >= 0.3 is 0 Å². The van der Waals surface area contributed by atoms with Gasteiger partial charge in [-0.3, -0.25) is 0 Å². The molecule has 2 aromatic heterocycles. The number of aliphatic hydroxyl groups excluding tert-OH is 1. The highest BCUT2D eigenvalue weighted by molar-refractivity contribution is 9.10. The molecule has 0 amide bonds. The molecular formula is C20H26BrN5OS. The van der Waals surface area contributed by atoms with Gasteiger partial charge in [-0.1, -0.05) is 59.3 Å². The van der Waals surface area contributed by atoms with E-state index in [1.165, 1.54) is 16.9 Å². The van der Waals surface area contributed by atoms with Crippen molar-refractivity contribution in [1.29, 1.82) is 0 Å². The van der Waals surface area contributed by atoms with E-state index >= 15 is 0 Å². The van der Waals surface area contributed by atoms with Crippen molar-refractivity contribution in [3.8, 4) is 0 Å². The summed E-state index contributed by atoms with van der Waals surface area (Å²) in [5.74, 6) is 1.93. The van der Waals surface area contributed by atoms with Crippen molar-refractivity contribution in [1.82, 2.24) is 15.0 Å². The minimum absolute atomic E-state index is 0.0509. The number of benzene rings is 1. The van der Waals surface area contributed by atoms with Gasteiger partial charge in [0, 0.05) is 10.9 Å². The first-order valence-electron chi connectivity index (χ1n) is 9.50. The minimum atomic E-state index is -0.0606. The van der Waals surface area contributed by atoms with Crippen LogP contribution in [0.5, 0.6) is 0 Å². The summed E-state index contributed by atoms with van der Waals surface area (Å²) in [6, 6.07) is 8.19. The van der Waals surface area contributed by atoms with Crippen molar-refractivity contribution in [3.05, 3.63) is 40.1 Å². The van der Waals surface area contributed by atoms with Crippen LogP contribution in [0.25, 0.3) is 10.3 Å². The highest BCUT2D eigenvalue weighted by atomic mass is 79.9. The summed E-state index contributed by atoms with van der Waals surface area (Å²) in [6.45, 7) is 4.32. The van der Waals surface area contributed by atoms with Gasteiger partial charge in [-0.05, 0) is 36.8 Å². The van der Waals surface area contributed by atoms with Gasteiger partial charge in [-0.25, -0.2) is 15.0 Å². The van der Waals surface area contributed by atoms with E-state index < -0.39 is 0 Å². The molecule has 1 atom stereocenters. The summed E-state index contributed by atoms with van der Waals surface area (Å²) in [6.07, 6.45) is 3.48. The molecule has 3 aromatic rings. The second-order valence-electron chi connectivity index (χ2n) is 7.29. The topological polar surface area (TPSA) is 97.0 Å². The van der Waals surface area contributed by atoms with Crippen LogP contribution in [0.2, 0.25) is 0 Å². The number of nitrogens with one attached hydrogen (secondary N) is 1. The molecule has 0 aliphatic carbocycles. The highest BCUT2D eigenvalue weighted by Crippen LogP contribution is 2.29. The van der Waals surface area contributed by atoms with Gasteiger partial charge < -0.3 is 16.2 Å². The summed E-state index contributed by atoms with van der Waals surface area (Å²) in [7, 11) is 0. The zero-order chi connectivity index (χ0) is 20.1. The molecule has 6 nitrogen and oxygen atoms in total. The van der Waals surface area contributed by atoms with E-state index in [1.807, 2.05) is 12.1 Å². The third-order valence-corrected chi connectivity index (χ3v) is 6.09. The van der Waals surface area contributed by atoms with Gasteiger partial charge in [-0.15, -0.1) is 0 Å².